The van der Waals surface area contributed by atoms with E-state index in [1.165, 1.54) is 20.1 Å². The molecule has 0 radical (unpaired) electrons. The second-order valence-corrected chi connectivity index (χ2v) is 5.51. The first kappa shape index (κ1) is 17.8. The summed E-state index contributed by atoms with van der Waals surface area (Å²) in [4.78, 5) is 23.3. The van der Waals surface area contributed by atoms with E-state index in [1.54, 1.807) is 48.5 Å². The van der Waals surface area contributed by atoms with Gasteiger partial charge in [-0.1, -0.05) is 23.7 Å². The molecular weight excluding hydrogens is 328 g/mol. The Kier molecular flexibility index (Phi) is 6.15. The maximum atomic E-state index is 11.8. The molecule has 0 unspecified atom stereocenters. The summed E-state index contributed by atoms with van der Waals surface area (Å²) in [5.41, 5.74) is 2.02. The molecule has 0 spiro atoms. The molecule has 124 valence electrons. The van der Waals surface area contributed by atoms with Crippen LogP contribution in [0.3, 0.4) is 0 Å². The lowest BCUT2D eigenvalue weighted by atomic mass is 10.1. The lowest BCUT2D eigenvalue weighted by Gasteiger charge is -2.09. The highest BCUT2D eigenvalue weighted by Gasteiger charge is 2.09. The summed E-state index contributed by atoms with van der Waals surface area (Å²) in [6, 6.07) is 12.1. The molecule has 0 aliphatic rings. The van der Waals surface area contributed by atoms with Crippen LogP contribution in [-0.2, 0) is 16.1 Å². The lowest BCUT2D eigenvalue weighted by molar-refractivity contribution is -0.138. The van der Waals surface area contributed by atoms with Gasteiger partial charge in [-0.25, -0.2) is 4.79 Å². The average Bonchev–Trinajstić information content (AvgIpc) is 2.59. The fraction of sp³-hybridized carbons (Fsp3) is 0.158. The fourth-order valence-corrected chi connectivity index (χ4v) is 2.17. The van der Waals surface area contributed by atoms with Gasteiger partial charge in [0, 0.05) is 22.2 Å². The number of esters is 1. The van der Waals surface area contributed by atoms with Crippen molar-refractivity contribution in [3.8, 4) is 5.75 Å². The van der Waals surface area contributed by atoms with Crippen LogP contribution in [0.15, 0.2) is 48.5 Å². The molecule has 0 saturated carbocycles. The number of ether oxygens (including phenoxy) is 2. The lowest BCUT2D eigenvalue weighted by Crippen LogP contribution is -2.04. The number of halogens is 1. The molecule has 0 N–H and O–H groups in total. The Morgan fingerprint density at radius 1 is 1.12 bits per heavy atom. The van der Waals surface area contributed by atoms with Gasteiger partial charge in [-0.15, -0.1) is 0 Å². The van der Waals surface area contributed by atoms with Crippen molar-refractivity contribution in [2.24, 2.45) is 0 Å². The van der Waals surface area contributed by atoms with E-state index in [2.05, 4.69) is 0 Å². The minimum Gasteiger partial charge on any atom is -0.496 e. The van der Waals surface area contributed by atoms with Gasteiger partial charge >= 0.3 is 5.97 Å². The molecule has 2 aromatic rings. The van der Waals surface area contributed by atoms with Gasteiger partial charge in [-0.3, -0.25) is 4.79 Å². The number of ketones is 1. The molecule has 0 bridgehead atoms. The highest BCUT2D eigenvalue weighted by molar-refractivity contribution is 6.30. The Morgan fingerprint density at radius 3 is 2.46 bits per heavy atom. The van der Waals surface area contributed by atoms with Crippen LogP contribution >= 0.6 is 11.6 Å². The molecule has 2 rings (SSSR count). The summed E-state index contributed by atoms with van der Waals surface area (Å²) in [6.07, 6.45) is 2.98. The van der Waals surface area contributed by atoms with Crippen LogP contribution in [0.25, 0.3) is 6.08 Å². The monoisotopic (exact) mass is 344 g/mol. The number of Topliss-reactive ketones (excluding diaryl/α,β-unsaturated/α-hetero) is 1. The smallest absolute Gasteiger partial charge is 0.331 e. The van der Waals surface area contributed by atoms with E-state index in [4.69, 9.17) is 21.1 Å². The Bertz CT molecular complexity index is 763. The van der Waals surface area contributed by atoms with Crippen molar-refractivity contribution in [3.05, 3.63) is 70.3 Å². The molecule has 5 heteroatoms. The highest BCUT2D eigenvalue weighted by atomic mass is 35.5. The molecule has 24 heavy (non-hydrogen) atoms. The summed E-state index contributed by atoms with van der Waals surface area (Å²) in [7, 11) is 1.52. The number of benzene rings is 2. The third-order valence-corrected chi connectivity index (χ3v) is 3.59. The van der Waals surface area contributed by atoms with E-state index >= 15 is 0 Å². The van der Waals surface area contributed by atoms with E-state index in [1.807, 2.05) is 0 Å². The zero-order valence-corrected chi connectivity index (χ0v) is 14.2. The first-order valence-corrected chi connectivity index (χ1v) is 7.65. The van der Waals surface area contributed by atoms with Crippen molar-refractivity contribution in [3.63, 3.8) is 0 Å². The van der Waals surface area contributed by atoms with Gasteiger partial charge in [0.15, 0.2) is 5.78 Å². The Balaban J connectivity index is 2.01. The van der Waals surface area contributed by atoms with Gasteiger partial charge in [0.05, 0.1) is 7.11 Å². The standard InChI is InChI=1S/C19H17ClO4/c1-13(21)15-6-9-18(23-2)16(11-15)12-24-19(22)10-5-14-3-7-17(20)8-4-14/h3-11H,12H2,1-2H3/b10-5+. The molecule has 4 nitrogen and oxygen atoms in total. The van der Waals surface area contributed by atoms with Crippen LogP contribution in [0.2, 0.25) is 5.02 Å². The second-order valence-electron chi connectivity index (χ2n) is 5.08. The van der Waals surface area contributed by atoms with Gasteiger partial charge < -0.3 is 9.47 Å². The summed E-state index contributed by atoms with van der Waals surface area (Å²) in [6.45, 7) is 1.50. The quantitative estimate of drug-likeness (QED) is 0.445. The molecule has 2 aromatic carbocycles. The van der Waals surface area contributed by atoms with Crippen molar-refractivity contribution < 1.29 is 19.1 Å². The molecule has 0 fully saturated rings. The Hall–Kier alpha value is -2.59. The Labute approximate surface area is 145 Å². The van der Waals surface area contributed by atoms with Gasteiger partial charge in [0.2, 0.25) is 0 Å². The van der Waals surface area contributed by atoms with Crippen LogP contribution in [0.1, 0.15) is 28.4 Å². The molecule has 0 saturated heterocycles. The van der Waals surface area contributed by atoms with E-state index in [0.717, 1.165) is 5.56 Å². The zero-order chi connectivity index (χ0) is 17.5. The molecular formula is C19H17ClO4. The van der Waals surface area contributed by atoms with Crippen molar-refractivity contribution in [1.29, 1.82) is 0 Å². The van der Waals surface area contributed by atoms with Gasteiger partial charge in [0.25, 0.3) is 0 Å². The molecule has 0 amide bonds. The third kappa shape index (κ3) is 4.96. The number of carbonyl (C=O) groups excluding carboxylic acids is 2. The van der Waals surface area contributed by atoms with E-state index in [-0.39, 0.29) is 12.4 Å². The molecule has 0 aliphatic carbocycles. The number of hydrogen-bond acceptors (Lipinski definition) is 4. The fourth-order valence-electron chi connectivity index (χ4n) is 2.05. The molecule has 0 atom stereocenters. The first-order valence-electron chi connectivity index (χ1n) is 7.28. The maximum absolute atomic E-state index is 11.8. The maximum Gasteiger partial charge on any atom is 0.331 e. The van der Waals surface area contributed by atoms with Gasteiger partial charge in [-0.05, 0) is 48.9 Å². The minimum atomic E-state index is -0.486. The summed E-state index contributed by atoms with van der Waals surface area (Å²) in [5, 5.41) is 0.632. The summed E-state index contributed by atoms with van der Waals surface area (Å²) >= 11 is 5.80. The highest BCUT2D eigenvalue weighted by Crippen LogP contribution is 2.21. The van der Waals surface area contributed by atoms with E-state index in [0.29, 0.717) is 21.9 Å². The molecule has 0 aromatic heterocycles. The van der Waals surface area contributed by atoms with Crippen LogP contribution in [0.4, 0.5) is 0 Å². The van der Waals surface area contributed by atoms with E-state index < -0.39 is 5.97 Å². The molecule has 0 aliphatic heterocycles. The number of hydrogen-bond donors (Lipinski definition) is 0. The topological polar surface area (TPSA) is 52.6 Å². The predicted molar refractivity (Wildman–Crippen MR) is 93.3 cm³/mol. The predicted octanol–water partition coefficient (Wildman–Crippen LogP) is 4.31. The van der Waals surface area contributed by atoms with E-state index in [9.17, 15) is 9.59 Å². The van der Waals surface area contributed by atoms with Crippen molar-refractivity contribution in [2.75, 3.05) is 7.11 Å². The zero-order valence-electron chi connectivity index (χ0n) is 13.4. The van der Waals surface area contributed by atoms with Crippen LogP contribution < -0.4 is 4.74 Å². The van der Waals surface area contributed by atoms with Crippen LogP contribution in [-0.4, -0.2) is 18.9 Å². The van der Waals surface area contributed by atoms with Crippen molar-refractivity contribution in [1.82, 2.24) is 0 Å². The number of rotatable bonds is 6. The average molecular weight is 345 g/mol. The van der Waals surface area contributed by atoms with Crippen LogP contribution in [0.5, 0.6) is 5.75 Å². The number of methoxy groups -OCH3 is 1. The minimum absolute atomic E-state index is 0.0219. The van der Waals surface area contributed by atoms with Crippen molar-refractivity contribution in [2.45, 2.75) is 13.5 Å². The number of carbonyl (C=O) groups is 2. The third-order valence-electron chi connectivity index (χ3n) is 3.34. The van der Waals surface area contributed by atoms with Crippen LogP contribution in [0, 0.1) is 0 Å². The Morgan fingerprint density at radius 2 is 1.83 bits per heavy atom. The largest absolute Gasteiger partial charge is 0.496 e. The first-order chi connectivity index (χ1) is 11.5. The van der Waals surface area contributed by atoms with Crippen molar-refractivity contribution >= 4 is 29.4 Å². The van der Waals surface area contributed by atoms with Gasteiger partial charge in [-0.2, -0.15) is 0 Å². The normalized spacial score (nSPS) is 10.6. The second kappa shape index (κ2) is 8.31. The van der Waals surface area contributed by atoms with Gasteiger partial charge in [0.1, 0.15) is 12.4 Å². The summed E-state index contributed by atoms with van der Waals surface area (Å²) < 4.78 is 10.4. The summed E-state index contributed by atoms with van der Waals surface area (Å²) in [5.74, 6) is 0.0163. The molecule has 0 heterocycles. The SMILES string of the molecule is COc1ccc(C(C)=O)cc1COC(=O)/C=C/c1ccc(Cl)cc1.